The summed E-state index contributed by atoms with van der Waals surface area (Å²) in [5.74, 6) is -0.457. The molecule has 1 saturated heterocycles. The first kappa shape index (κ1) is 24.1. The number of hydrogen-bond acceptors (Lipinski definition) is 5. The fourth-order valence-electron chi connectivity index (χ4n) is 4.34. The maximum absolute atomic E-state index is 13.0. The van der Waals surface area contributed by atoms with Crippen LogP contribution in [0.1, 0.15) is 37.5 Å². The molecule has 8 nitrogen and oxygen atoms in total. The van der Waals surface area contributed by atoms with Gasteiger partial charge in [0.1, 0.15) is 18.0 Å². The molecule has 0 aromatic heterocycles. The molecule has 0 aliphatic carbocycles. The van der Waals surface area contributed by atoms with Crippen LogP contribution in [0.5, 0.6) is 5.75 Å². The zero-order chi connectivity index (χ0) is 25.5. The Kier molecular flexibility index (Phi) is 6.15. The predicted molar refractivity (Wildman–Crippen MR) is 137 cm³/mol. The minimum atomic E-state index is -0.644. The highest BCUT2D eigenvalue weighted by Gasteiger charge is 2.35. The standard InChI is InChI=1S/C27H30N4O4/c1-16-7-9-19(10-8-16)28-24(32)15-31-25(33)21(29-26(31)34)12-18-11-20-17(2)14-27(3,4)30(5)22(20)13-23(18)35-6/h7-14H,15H2,1-6H3,(H,28,32)(H,29,34)/b21-12+. The number of imide groups is 1. The van der Waals surface area contributed by atoms with Crippen molar-refractivity contribution in [3.63, 3.8) is 0 Å². The van der Waals surface area contributed by atoms with Crippen LogP contribution in [0.4, 0.5) is 16.2 Å². The van der Waals surface area contributed by atoms with Crippen LogP contribution in [0, 0.1) is 6.92 Å². The van der Waals surface area contributed by atoms with Gasteiger partial charge >= 0.3 is 6.03 Å². The van der Waals surface area contributed by atoms with E-state index in [0.717, 1.165) is 27.3 Å². The van der Waals surface area contributed by atoms with E-state index in [-0.39, 0.29) is 17.8 Å². The molecule has 8 heteroatoms. The summed E-state index contributed by atoms with van der Waals surface area (Å²) in [5, 5.41) is 5.29. The molecule has 35 heavy (non-hydrogen) atoms. The van der Waals surface area contributed by atoms with Crippen molar-refractivity contribution < 1.29 is 19.1 Å². The third-order valence-electron chi connectivity index (χ3n) is 6.47. The summed E-state index contributed by atoms with van der Waals surface area (Å²) in [7, 11) is 3.59. The van der Waals surface area contributed by atoms with E-state index >= 15 is 0 Å². The molecule has 2 N–H and O–H groups in total. The fourth-order valence-corrected chi connectivity index (χ4v) is 4.34. The van der Waals surface area contributed by atoms with Crippen LogP contribution in [0.3, 0.4) is 0 Å². The normalized spacial score (nSPS) is 17.8. The quantitative estimate of drug-likeness (QED) is 0.502. The lowest BCUT2D eigenvalue weighted by atomic mass is 9.88. The van der Waals surface area contributed by atoms with Gasteiger partial charge in [0.2, 0.25) is 5.91 Å². The highest BCUT2D eigenvalue weighted by Crippen LogP contribution is 2.41. The number of anilines is 2. The number of aryl methyl sites for hydroxylation is 1. The largest absolute Gasteiger partial charge is 0.496 e. The van der Waals surface area contributed by atoms with Crippen molar-refractivity contribution in [3.05, 3.63) is 64.9 Å². The number of methoxy groups -OCH3 is 1. The molecule has 2 aromatic rings. The first-order valence-corrected chi connectivity index (χ1v) is 11.4. The molecular formula is C27H30N4O4. The number of likely N-dealkylation sites (N-methyl/N-ethyl adjacent to an activating group) is 1. The van der Waals surface area contributed by atoms with Crippen LogP contribution < -0.4 is 20.3 Å². The van der Waals surface area contributed by atoms with Crippen molar-refractivity contribution in [2.45, 2.75) is 33.2 Å². The van der Waals surface area contributed by atoms with E-state index in [1.165, 1.54) is 0 Å². The number of allylic oxidation sites excluding steroid dienone is 1. The summed E-state index contributed by atoms with van der Waals surface area (Å²) in [6.45, 7) is 7.88. The zero-order valence-corrected chi connectivity index (χ0v) is 20.9. The lowest BCUT2D eigenvalue weighted by molar-refractivity contribution is -0.127. The van der Waals surface area contributed by atoms with E-state index in [4.69, 9.17) is 4.74 Å². The summed E-state index contributed by atoms with van der Waals surface area (Å²) in [6, 6.07) is 10.5. The second kappa shape index (κ2) is 8.94. The first-order chi connectivity index (χ1) is 16.5. The number of nitrogens with one attached hydrogen (secondary N) is 2. The molecule has 0 radical (unpaired) electrons. The molecule has 0 bridgehead atoms. The van der Waals surface area contributed by atoms with E-state index in [1.54, 1.807) is 25.3 Å². The molecule has 0 unspecified atom stereocenters. The number of benzene rings is 2. The van der Waals surface area contributed by atoms with Gasteiger partial charge in [0.05, 0.1) is 12.6 Å². The van der Waals surface area contributed by atoms with Crippen LogP contribution in [0.15, 0.2) is 48.2 Å². The molecule has 0 atom stereocenters. The Morgan fingerprint density at radius 1 is 1.14 bits per heavy atom. The molecule has 4 amide bonds. The number of carbonyl (C=O) groups is 3. The van der Waals surface area contributed by atoms with Gasteiger partial charge in [0, 0.05) is 35.6 Å². The molecule has 4 rings (SSSR count). The Morgan fingerprint density at radius 2 is 1.83 bits per heavy atom. The van der Waals surface area contributed by atoms with Crippen molar-refractivity contribution >= 4 is 40.9 Å². The Balaban J connectivity index is 1.58. The average Bonchev–Trinajstić information content (AvgIpc) is 3.06. The molecule has 1 fully saturated rings. The lowest BCUT2D eigenvalue weighted by Crippen LogP contribution is -2.42. The fraction of sp³-hybridized carbons (Fsp3) is 0.296. The molecule has 0 spiro atoms. The molecule has 2 aliphatic heterocycles. The third kappa shape index (κ3) is 4.64. The monoisotopic (exact) mass is 474 g/mol. The van der Waals surface area contributed by atoms with Crippen molar-refractivity contribution in [2.24, 2.45) is 0 Å². The number of ether oxygens (including phenoxy) is 1. The molecular weight excluding hydrogens is 444 g/mol. The number of hydrogen-bond donors (Lipinski definition) is 2. The summed E-state index contributed by atoms with van der Waals surface area (Å²) >= 11 is 0. The third-order valence-corrected chi connectivity index (χ3v) is 6.47. The van der Waals surface area contributed by atoms with Gasteiger partial charge in [-0.3, -0.25) is 9.59 Å². The number of nitrogens with zero attached hydrogens (tertiary/aromatic N) is 2. The highest BCUT2D eigenvalue weighted by atomic mass is 16.5. The Labute approximate surface area is 205 Å². The Hall–Kier alpha value is -4.07. The van der Waals surface area contributed by atoms with Gasteiger partial charge in [-0.1, -0.05) is 23.8 Å². The highest BCUT2D eigenvalue weighted by molar-refractivity contribution is 6.16. The molecule has 2 heterocycles. The number of rotatable bonds is 5. The van der Waals surface area contributed by atoms with Crippen LogP contribution in [-0.4, -0.2) is 49.0 Å². The summed E-state index contributed by atoms with van der Waals surface area (Å²) in [5.41, 5.74) is 5.39. The predicted octanol–water partition coefficient (Wildman–Crippen LogP) is 4.17. The average molecular weight is 475 g/mol. The van der Waals surface area contributed by atoms with Gasteiger partial charge in [-0.15, -0.1) is 0 Å². The zero-order valence-electron chi connectivity index (χ0n) is 20.9. The maximum Gasteiger partial charge on any atom is 0.329 e. The maximum atomic E-state index is 13.0. The van der Waals surface area contributed by atoms with Gasteiger partial charge in [0.25, 0.3) is 5.91 Å². The molecule has 2 aliphatic rings. The number of fused-ring (bicyclic) bond motifs is 1. The van der Waals surface area contributed by atoms with E-state index in [1.807, 2.05) is 45.2 Å². The number of urea groups is 1. The summed E-state index contributed by atoms with van der Waals surface area (Å²) in [6.07, 6.45) is 3.78. The Morgan fingerprint density at radius 3 is 2.49 bits per heavy atom. The number of amides is 4. The second-order valence-electron chi connectivity index (χ2n) is 9.45. The summed E-state index contributed by atoms with van der Waals surface area (Å²) in [4.78, 5) is 41.0. The molecule has 2 aromatic carbocycles. The van der Waals surface area contributed by atoms with Crippen LogP contribution in [0.2, 0.25) is 0 Å². The Bertz CT molecular complexity index is 1270. The number of carbonyl (C=O) groups excluding carboxylic acids is 3. The van der Waals surface area contributed by atoms with E-state index < -0.39 is 17.8 Å². The van der Waals surface area contributed by atoms with Crippen LogP contribution in [-0.2, 0) is 9.59 Å². The summed E-state index contributed by atoms with van der Waals surface area (Å²) < 4.78 is 5.61. The van der Waals surface area contributed by atoms with Crippen LogP contribution in [0.25, 0.3) is 11.6 Å². The molecule has 0 saturated carbocycles. The van der Waals surface area contributed by atoms with Crippen LogP contribution >= 0.6 is 0 Å². The van der Waals surface area contributed by atoms with E-state index in [9.17, 15) is 14.4 Å². The minimum Gasteiger partial charge on any atom is -0.496 e. The minimum absolute atomic E-state index is 0.0857. The van der Waals surface area contributed by atoms with Gasteiger partial charge < -0.3 is 20.3 Å². The first-order valence-electron chi connectivity index (χ1n) is 11.4. The van der Waals surface area contributed by atoms with Gasteiger partial charge in [-0.25, -0.2) is 9.69 Å². The van der Waals surface area contributed by atoms with Crippen molar-refractivity contribution in [1.29, 1.82) is 0 Å². The van der Waals surface area contributed by atoms with Gasteiger partial charge in [-0.05, 0) is 57.5 Å². The van der Waals surface area contributed by atoms with Crippen molar-refractivity contribution in [3.8, 4) is 5.75 Å². The van der Waals surface area contributed by atoms with Gasteiger partial charge in [0.15, 0.2) is 0 Å². The SMILES string of the molecule is COc1cc2c(cc1/C=C1/NC(=O)N(CC(=O)Nc3ccc(C)cc3)C1=O)C(C)=CC(C)(C)N2C. The lowest BCUT2D eigenvalue weighted by Gasteiger charge is -2.41. The van der Waals surface area contributed by atoms with Crippen molar-refractivity contribution in [1.82, 2.24) is 10.2 Å². The molecule has 182 valence electrons. The second-order valence-corrected chi connectivity index (χ2v) is 9.45. The van der Waals surface area contributed by atoms with E-state index in [0.29, 0.717) is 17.0 Å². The topological polar surface area (TPSA) is 91.0 Å². The van der Waals surface area contributed by atoms with E-state index in [2.05, 4.69) is 35.5 Å². The van der Waals surface area contributed by atoms with Crippen molar-refractivity contribution in [2.75, 3.05) is 30.9 Å². The smallest absolute Gasteiger partial charge is 0.329 e. The van der Waals surface area contributed by atoms with Gasteiger partial charge in [-0.2, -0.15) is 0 Å².